The van der Waals surface area contributed by atoms with E-state index in [2.05, 4.69) is 22.1 Å². The molecular formula is C25H16N4OS. The predicted molar refractivity (Wildman–Crippen MR) is 123 cm³/mol. The number of nitrogens with zero attached hydrogens (tertiary/aromatic N) is 3. The van der Waals surface area contributed by atoms with Crippen LogP contribution in [0.3, 0.4) is 0 Å². The molecule has 0 spiro atoms. The van der Waals surface area contributed by atoms with Gasteiger partial charge in [0.1, 0.15) is 17.0 Å². The number of ether oxygens (including phenoxy) is 1. The largest absolute Gasteiger partial charge is 0.454 e. The lowest BCUT2D eigenvalue weighted by atomic mass is 10.1. The van der Waals surface area contributed by atoms with E-state index in [-0.39, 0.29) is 5.95 Å². The van der Waals surface area contributed by atoms with Crippen molar-refractivity contribution >= 4 is 28.7 Å². The second-order valence-electron chi connectivity index (χ2n) is 7.14. The summed E-state index contributed by atoms with van der Waals surface area (Å²) in [5.41, 5.74) is 10.8. The van der Waals surface area contributed by atoms with Crippen LogP contribution in [-0.4, -0.2) is 15.0 Å². The summed E-state index contributed by atoms with van der Waals surface area (Å²) in [7, 11) is 0. The maximum Gasteiger partial charge on any atom is 0.221 e. The zero-order valence-corrected chi connectivity index (χ0v) is 17.1. The van der Waals surface area contributed by atoms with E-state index in [1.165, 1.54) is 0 Å². The molecule has 0 aliphatic carbocycles. The number of fused-ring (bicyclic) bond motifs is 3. The number of aromatic nitrogens is 3. The van der Waals surface area contributed by atoms with Crippen LogP contribution in [0.4, 0.5) is 5.95 Å². The zero-order chi connectivity index (χ0) is 20.8. The minimum atomic E-state index is 0.231. The molecule has 0 unspecified atom stereocenters. The number of nitrogens with two attached hydrogens (primary N) is 1. The van der Waals surface area contributed by atoms with E-state index in [9.17, 15) is 0 Å². The first kappa shape index (κ1) is 17.9. The van der Waals surface area contributed by atoms with E-state index < -0.39 is 0 Å². The molecule has 3 aromatic carbocycles. The molecule has 0 amide bonds. The van der Waals surface area contributed by atoms with Gasteiger partial charge in [-0.2, -0.15) is 0 Å². The van der Waals surface area contributed by atoms with Crippen LogP contribution in [0.25, 0.3) is 33.5 Å². The average Bonchev–Trinajstić information content (AvgIpc) is 2.82. The lowest BCUT2D eigenvalue weighted by Gasteiger charge is -2.21. The van der Waals surface area contributed by atoms with Crippen molar-refractivity contribution in [3.8, 4) is 34.0 Å². The number of pyridine rings is 1. The topological polar surface area (TPSA) is 73.9 Å². The molecule has 1 aliphatic heterocycles. The Labute approximate surface area is 183 Å². The number of nitrogen functional groups attached to an aromatic ring is 1. The van der Waals surface area contributed by atoms with Crippen molar-refractivity contribution in [1.82, 2.24) is 15.0 Å². The van der Waals surface area contributed by atoms with Gasteiger partial charge >= 0.3 is 0 Å². The van der Waals surface area contributed by atoms with Gasteiger partial charge in [-0.15, -0.1) is 0 Å². The predicted octanol–water partition coefficient (Wildman–Crippen LogP) is 6.20. The third-order valence-electron chi connectivity index (χ3n) is 5.14. The molecule has 0 atom stereocenters. The highest BCUT2D eigenvalue weighted by atomic mass is 32.2. The molecule has 0 saturated carbocycles. The van der Waals surface area contributed by atoms with Crippen molar-refractivity contribution in [1.29, 1.82) is 0 Å². The summed E-state index contributed by atoms with van der Waals surface area (Å²) < 4.78 is 6.30. The number of rotatable bonds is 2. The Morgan fingerprint density at radius 2 is 1.52 bits per heavy atom. The van der Waals surface area contributed by atoms with Gasteiger partial charge in [0, 0.05) is 11.1 Å². The number of benzene rings is 3. The molecule has 3 heterocycles. The van der Waals surface area contributed by atoms with Gasteiger partial charge in [-0.25, -0.2) is 15.0 Å². The van der Waals surface area contributed by atoms with Crippen LogP contribution in [0, 0.1) is 0 Å². The van der Waals surface area contributed by atoms with Gasteiger partial charge in [-0.3, -0.25) is 0 Å². The van der Waals surface area contributed by atoms with Gasteiger partial charge in [-0.1, -0.05) is 60.3 Å². The summed E-state index contributed by atoms with van der Waals surface area (Å²) in [5.74, 6) is 1.90. The van der Waals surface area contributed by atoms with Crippen molar-refractivity contribution in [2.24, 2.45) is 0 Å². The molecule has 148 valence electrons. The minimum Gasteiger partial charge on any atom is -0.454 e. The minimum absolute atomic E-state index is 0.231. The van der Waals surface area contributed by atoms with Gasteiger partial charge in [0.15, 0.2) is 5.75 Å². The summed E-state index contributed by atoms with van der Waals surface area (Å²) >= 11 is 1.70. The molecule has 0 fully saturated rings. The zero-order valence-electron chi connectivity index (χ0n) is 16.3. The summed E-state index contributed by atoms with van der Waals surface area (Å²) in [6.45, 7) is 0. The lowest BCUT2D eigenvalue weighted by Crippen LogP contribution is -2.01. The fourth-order valence-electron chi connectivity index (χ4n) is 3.73. The van der Waals surface area contributed by atoms with Crippen molar-refractivity contribution in [2.75, 3.05) is 5.73 Å². The average molecular weight is 420 g/mol. The van der Waals surface area contributed by atoms with E-state index in [1.54, 1.807) is 11.8 Å². The molecule has 6 heteroatoms. The Balaban J connectivity index is 1.54. The van der Waals surface area contributed by atoms with Crippen LogP contribution in [0.1, 0.15) is 0 Å². The molecule has 0 radical (unpaired) electrons. The van der Waals surface area contributed by atoms with Crippen molar-refractivity contribution in [3.63, 3.8) is 0 Å². The van der Waals surface area contributed by atoms with Crippen molar-refractivity contribution in [2.45, 2.75) is 9.79 Å². The standard InChI is InChI=1S/C25H16N4OS/c26-25-28-18-14-13-17(27-23(18)22(29-25)15-7-2-1-3-8-15)16-9-6-12-21-24(16)30-19-10-4-5-11-20(19)31-21/h1-14H,(H2,26,28,29). The lowest BCUT2D eigenvalue weighted by molar-refractivity contribution is 0.456. The molecule has 6 rings (SSSR count). The number of hydrogen-bond acceptors (Lipinski definition) is 6. The second-order valence-corrected chi connectivity index (χ2v) is 8.23. The highest BCUT2D eigenvalue weighted by Gasteiger charge is 2.22. The Hall–Kier alpha value is -3.90. The SMILES string of the molecule is Nc1nc(-c2ccccc2)c2nc(-c3cccc4c3Oc3ccccc3S4)ccc2n1. The van der Waals surface area contributed by atoms with E-state index >= 15 is 0 Å². The third-order valence-corrected chi connectivity index (χ3v) is 6.24. The van der Waals surface area contributed by atoms with Crippen LogP contribution in [0.2, 0.25) is 0 Å². The van der Waals surface area contributed by atoms with Crippen molar-refractivity contribution in [3.05, 3.63) is 84.9 Å². The molecule has 1 aliphatic rings. The van der Waals surface area contributed by atoms with Gasteiger partial charge in [0.2, 0.25) is 5.95 Å². The quantitative estimate of drug-likeness (QED) is 0.360. The Morgan fingerprint density at radius 3 is 2.42 bits per heavy atom. The molecule has 2 aromatic heterocycles. The summed E-state index contributed by atoms with van der Waals surface area (Å²) in [4.78, 5) is 16.0. The molecule has 2 N–H and O–H groups in total. The van der Waals surface area contributed by atoms with Gasteiger partial charge in [0.25, 0.3) is 0 Å². The summed E-state index contributed by atoms with van der Waals surface area (Å²) in [6, 6.07) is 28.0. The van der Waals surface area contributed by atoms with Crippen LogP contribution in [-0.2, 0) is 0 Å². The molecule has 0 bridgehead atoms. The third kappa shape index (κ3) is 3.08. The summed E-state index contributed by atoms with van der Waals surface area (Å²) in [5, 5.41) is 0. The first-order chi connectivity index (χ1) is 15.3. The monoisotopic (exact) mass is 420 g/mol. The fraction of sp³-hybridized carbons (Fsp3) is 0. The smallest absolute Gasteiger partial charge is 0.221 e. The molecule has 0 saturated heterocycles. The highest BCUT2D eigenvalue weighted by molar-refractivity contribution is 7.99. The Morgan fingerprint density at radius 1 is 0.710 bits per heavy atom. The maximum absolute atomic E-state index is 6.30. The highest BCUT2D eigenvalue weighted by Crippen LogP contribution is 2.50. The fourth-order valence-corrected chi connectivity index (χ4v) is 4.71. The molecule has 31 heavy (non-hydrogen) atoms. The van der Waals surface area contributed by atoms with Crippen molar-refractivity contribution < 1.29 is 4.74 Å². The van der Waals surface area contributed by atoms with Gasteiger partial charge in [-0.05, 0) is 36.4 Å². The van der Waals surface area contributed by atoms with E-state index in [4.69, 9.17) is 15.5 Å². The normalized spacial score (nSPS) is 12.1. The number of hydrogen-bond donors (Lipinski definition) is 1. The van der Waals surface area contributed by atoms with Gasteiger partial charge < -0.3 is 10.5 Å². The van der Waals surface area contributed by atoms with Crippen LogP contribution < -0.4 is 10.5 Å². The second kappa shape index (κ2) is 7.11. The van der Waals surface area contributed by atoms with E-state index in [0.29, 0.717) is 11.0 Å². The van der Waals surface area contributed by atoms with E-state index in [0.717, 1.165) is 43.8 Å². The van der Waals surface area contributed by atoms with E-state index in [1.807, 2.05) is 72.8 Å². The summed E-state index contributed by atoms with van der Waals surface area (Å²) in [6.07, 6.45) is 0. The first-order valence-corrected chi connectivity index (χ1v) is 10.7. The molecule has 5 aromatic rings. The number of anilines is 1. The molecular weight excluding hydrogens is 404 g/mol. The van der Waals surface area contributed by atoms with Crippen LogP contribution >= 0.6 is 11.8 Å². The van der Waals surface area contributed by atoms with Gasteiger partial charge in [0.05, 0.1) is 21.0 Å². The maximum atomic E-state index is 6.30. The molecule has 5 nitrogen and oxygen atoms in total. The number of para-hydroxylation sites is 2. The first-order valence-electron chi connectivity index (χ1n) is 9.84. The Bertz CT molecular complexity index is 1450. The van der Waals surface area contributed by atoms with Crippen LogP contribution in [0.5, 0.6) is 11.5 Å². The Kier molecular flexibility index (Phi) is 4.11. The van der Waals surface area contributed by atoms with Crippen LogP contribution in [0.15, 0.2) is 94.7 Å².